The van der Waals surface area contributed by atoms with E-state index in [4.69, 9.17) is 0 Å². The van der Waals surface area contributed by atoms with Crippen molar-refractivity contribution >= 4 is 17.3 Å². The number of amides is 1. The fraction of sp³-hybridized carbons (Fsp3) is 0.708. The molecule has 204 valence electrons. The van der Waals surface area contributed by atoms with Crippen molar-refractivity contribution in [2.75, 3.05) is 31.1 Å². The van der Waals surface area contributed by atoms with Crippen LogP contribution < -0.4 is 4.90 Å². The summed E-state index contributed by atoms with van der Waals surface area (Å²) in [5, 5.41) is 10.9. The molecule has 1 aromatic carbocycles. The van der Waals surface area contributed by atoms with Gasteiger partial charge in [0.25, 0.3) is 5.69 Å². The van der Waals surface area contributed by atoms with Crippen LogP contribution in [0.25, 0.3) is 0 Å². The molecule has 0 radical (unpaired) electrons. The molecule has 0 aliphatic carbocycles. The number of carbonyl (C=O) groups excluding carboxylic acids is 1. The quantitative estimate of drug-likeness (QED) is 0.119. The van der Waals surface area contributed by atoms with Crippen LogP contribution in [0.4, 0.5) is 37.7 Å². The fourth-order valence-electron chi connectivity index (χ4n) is 4.39. The summed E-state index contributed by atoms with van der Waals surface area (Å²) in [6, 6.07) is 1.93. The van der Waals surface area contributed by atoms with Crippen LogP contribution >= 0.6 is 0 Å². The number of hydrogen-bond donors (Lipinski definition) is 0. The van der Waals surface area contributed by atoms with Gasteiger partial charge in [-0.05, 0) is 44.2 Å². The zero-order chi connectivity index (χ0) is 26.8. The minimum absolute atomic E-state index is 0.126. The number of likely N-dealkylation sites (tertiary alicyclic amines) is 1. The minimum Gasteiger partial charge on any atom is -0.363 e. The summed E-state index contributed by atoms with van der Waals surface area (Å²) in [7, 11) is 0. The largest absolute Gasteiger partial charge is 0.423 e. The zero-order valence-corrected chi connectivity index (χ0v) is 20.2. The number of hydrogen-bond acceptors (Lipinski definition) is 4. The van der Waals surface area contributed by atoms with E-state index in [9.17, 15) is 41.3 Å². The van der Waals surface area contributed by atoms with Crippen molar-refractivity contribution < 1.29 is 36.1 Å². The molecule has 1 aliphatic rings. The lowest BCUT2D eigenvalue weighted by atomic mass is 10.1. The first kappa shape index (κ1) is 29.7. The second kappa shape index (κ2) is 13.7. The van der Waals surface area contributed by atoms with Crippen LogP contribution in [0.5, 0.6) is 0 Å². The van der Waals surface area contributed by atoms with Crippen LogP contribution in [0.3, 0.4) is 0 Å². The monoisotopic (exact) mass is 525 g/mol. The van der Waals surface area contributed by atoms with Crippen LogP contribution in [0, 0.1) is 10.1 Å². The molecule has 1 amide bonds. The maximum absolute atomic E-state index is 13.2. The van der Waals surface area contributed by atoms with E-state index in [1.54, 1.807) is 0 Å². The Bertz CT molecular complexity index is 854. The molecule has 0 unspecified atom stereocenters. The number of anilines is 1. The number of nitro groups is 1. The van der Waals surface area contributed by atoms with Crippen molar-refractivity contribution in [3.63, 3.8) is 0 Å². The molecule has 1 aliphatic heterocycles. The van der Waals surface area contributed by atoms with Gasteiger partial charge in [0.1, 0.15) is 12.1 Å². The highest BCUT2D eigenvalue weighted by Gasteiger charge is 2.39. The van der Waals surface area contributed by atoms with E-state index < -0.39 is 35.1 Å². The molecule has 1 aromatic rings. The first-order chi connectivity index (χ1) is 16.9. The van der Waals surface area contributed by atoms with Crippen molar-refractivity contribution in [2.24, 2.45) is 0 Å². The van der Waals surface area contributed by atoms with E-state index in [0.29, 0.717) is 31.4 Å². The second-order valence-corrected chi connectivity index (χ2v) is 9.16. The summed E-state index contributed by atoms with van der Waals surface area (Å²) in [6.07, 6.45) is -0.771. The number of alkyl halides is 6. The Morgan fingerprint density at radius 1 is 0.917 bits per heavy atom. The van der Waals surface area contributed by atoms with Crippen LogP contribution in [0.2, 0.25) is 0 Å². The minimum atomic E-state index is -5.07. The Hall–Kier alpha value is -2.53. The predicted octanol–water partition coefficient (Wildman–Crippen LogP) is 7.12. The van der Waals surface area contributed by atoms with Gasteiger partial charge in [-0.15, -0.1) is 0 Å². The van der Waals surface area contributed by atoms with E-state index >= 15 is 0 Å². The third-order valence-corrected chi connectivity index (χ3v) is 6.24. The molecule has 1 fully saturated rings. The molecule has 2 rings (SSSR count). The summed E-state index contributed by atoms with van der Waals surface area (Å²) < 4.78 is 78.9. The van der Waals surface area contributed by atoms with Gasteiger partial charge in [0, 0.05) is 37.8 Å². The predicted molar refractivity (Wildman–Crippen MR) is 124 cm³/mol. The van der Waals surface area contributed by atoms with Crippen LogP contribution in [0.1, 0.15) is 76.2 Å². The Kier molecular flexibility index (Phi) is 11.3. The lowest BCUT2D eigenvalue weighted by molar-refractivity contribution is -0.388. The number of nitro benzene ring substituents is 1. The summed E-state index contributed by atoms with van der Waals surface area (Å²) in [5.41, 5.74) is -3.13. The third-order valence-electron chi connectivity index (χ3n) is 6.24. The van der Waals surface area contributed by atoms with E-state index in [1.165, 1.54) is 6.42 Å². The molecule has 0 spiro atoms. The first-order valence-electron chi connectivity index (χ1n) is 12.3. The number of carbonyl (C=O) groups is 1. The number of halogens is 6. The van der Waals surface area contributed by atoms with E-state index in [0.717, 1.165) is 69.0 Å². The number of benzene rings is 1. The third kappa shape index (κ3) is 10.2. The number of unbranched alkanes of at least 4 members (excludes halogenated alkanes) is 6. The van der Waals surface area contributed by atoms with Crippen LogP contribution in [-0.4, -0.2) is 48.1 Å². The molecule has 12 heteroatoms. The standard InChI is InChI=1S/C24H33F6N3O3/c25-23(26,27)18-32(19-12-13-21(33(35)36)20(17-19)24(28,29)30)16-8-5-3-1-2-4-7-11-22(34)31-14-9-6-10-15-31/h12-13,17H,1-11,14-16,18H2. The van der Waals surface area contributed by atoms with Gasteiger partial charge >= 0.3 is 12.4 Å². The molecule has 1 heterocycles. The van der Waals surface area contributed by atoms with E-state index in [-0.39, 0.29) is 18.1 Å². The zero-order valence-electron chi connectivity index (χ0n) is 20.2. The maximum Gasteiger partial charge on any atom is 0.423 e. The van der Waals surface area contributed by atoms with Crippen LogP contribution in [0.15, 0.2) is 18.2 Å². The lowest BCUT2D eigenvalue weighted by Crippen LogP contribution is -2.35. The van der Waals surface area contributed by atoms with Crippen molar-refractivity contribution in [1.29, 1.82) is 0 Å². The molecule has 1 saturated heterocycles. The van der Waals surface area contributed by atoms with Gasteiger partial charge in [-0.25, -0.2) is 0 Å². The smallest absolute Gasteiger partial charge is 0.363 e. The Morgan fingerprint density at radius 3 is 2.06 bits per heavy atom. The first-order valence-corrected chi connectivity index (χ1v) is 12.3. The molecular formula is C24H33F6N3O3. The molecule has 0 N–H and O–H groups in total. The average molecular weight is 526 g/mol. The van der Waals surface area contributed by atoms with Crippen molar-refractivity contribution in [3.8, 4) is 0 Å². The van der Waals surface area contributed by atoms with Crippen molar-refractivity contribution in [1.82, 2.24) is 4.90 Å². The molecular weight excluding hydrogens is 492 g/mol. The lowest BCUT2D eigenvalue weighted by Gasteiger charge is -2.26. The molecule has 6 nitrogen and oxygen atoms in total. The number of rotatable bonds is 13. The summed E-state index contributed by atoms with van der Waals surface area (Å²) in [5.74, 6) is 0.194. The van der Waals surface area contributed by atoms with Gasteiger partial charge in [0.2, 0.25) is 5.91 Å². The number of nitrogens with zero attached hydrogens (tertiary/aromatic N) is 3. The molecule has 0 saturated carbocycles. The number of piperidine rings is 1. The van der Waals surface area contributed by atoms with Gasteiger partial charge in [0.15, 0.2) is 0 Å². The Morgan fingerprint density at radius 2 is 1.50 bits per heavy atom. The molecule has 0 aromatic heterocycles. The summed E-state index contributed by atoms with van der Waals surface area (Å²) in [6.45, 7) is 0.0925. The van der Waals surface area contributed by atoms with E-state index in [1.807, 2.05) is 4.90 Å². The summed E-state index contributed by atoms with van der Waals surface area (Å²) >= 11 is 0. The van der Waals surface area contributed by atoms with Crippen molar-refractivity contribution in [3.05, 3.63) is 33.9 Å². The molecule has 36 heavy (non-hydrogen) atoms. The van der Waals surface area contributed by atoms with Crippen LogP contribution in [-0.2, 0) is 11.0 Å². The Labute approximate surface area is 206 Å². The maximum atomic E-state index is 13.2. The summed E-state index contributed by atoms with van der Waals surface area (Å²) in [4.78, 5) is 24.5. The van der Waals surface area contributed by atoms with Gasteiger partial charge in [-0.1, -0.05) is 32.1 Å². The highest BCUT2D eigenvalue weighted by atomic mass is 19.4. The normalized spacial score (nSPS) is 14.7. The van der Waals surface area contributed by atoms with Gasteiger partial charge in [0.05, 0.1) is 4.92 Å². The average Bonchev–Trinajstić information content (AvgIpc) is 2.81. The highest BCUT2D eigenvalue weighted by molar-refractivity contribution is 5.76. The molecule has 0 atom stereocenters. The van der Waals surface area contributed by atoms with Gasteiger partial charge < -0.3 is 9.80 Å². The highest BCUT2D eigenvalue weighted by Crippen LogP contribution is 2.38. The second-order valence-electron chi connectivity index (χ2n) is 9.16. The van der Waals surface area contributed by atoms with Gasteiger partial charge in [-0.3, -0.25) is 14.9 Å². The SMILES string of the molecule is O=C(CCCCCCCCCN(CC(F)(F)F)c1ccc([N+](=O)[O-])c(C(F)(F)F)c1)N1CCCCC1. The van der Waals surface area contributed by atoms with E-state index in [2.05, 4.69) is 0 Å². The Balaban J connectivity index is 1.79. The fourth-order valence-corrected chi connectivity index (χ4v) is 4.39. The van der Waals surface area contributed by atoms with Crippen molar-refractivity contribution in [2.45, 2.75) is 83.0 Å². The molecule has 0 bridgehead atoms. The topological polar surface area (TPSA) is 66.7 Å². The van der Waals surface area contributed by atoms with Gasteiger partial charge in [-0.2, -0.15) is 26.3 Å².